The van der Waals surface area contributed by atoms with Gasteiger partial charge in [0.1, 0.15) is 5.75 Å². The molecular formula is C23H26ClN3O5S. The van der Waals surface area contributed by atoms with Crippen molar-refractivity contribution in [1.82, 2.24) is 4.31 Å². The summed E-state index contributed by atoms with van der Waals surface area (Å²) >= 11 is 6.12. The van der Waals surface area contributed by atoms with E-state index in [1.54, 1.807) is 24.3 Å². The van der Waals surface area contributed by atoms with Crippen molar-refractivity contribution in [3.8, 4) is 5.75 Å². The van der Waals surface area contributed by atoms with Gasteiger partial charge in [0.25, 0.3) is 5.91 Å². The van der Waals surface area contributed by atoms with Crippen molar-refractivity contribution in [3.05, 3.63) is 47.0 Å². The number of fused-ring (bicyclic) bond motifs is 1. The number of halogens is 1. The number of anilines is 2. The molecule has 33 heavy (non-hydrogen) atoms. The molecule has 2 aromatic carbocycles. The van der Waals surface area contributed by atoms with Gasteiger partial charge < -0.3 is 15.4 Å². The summed E-state index contributed by atoms with van der Waals surface area (Å²) < 4.78 is 33.4. The van der Waals surface area contributed by atoms with Crippen molar-refractivity contribution >= 4 is 44.8 Å². The quantitative estimate of drug-likeness (QED) is 0.662. The second kappa shape index (κ2) is 9.32. The number of hydrogen-bond donors (Lipinski definition) is 2. The first kappa shape index (κ1) is 23.5. The highest BCUT2D eigenvalue weighted by Crippen LogP contribution is 2.34. The lowest BCUT2D eigenvalue weighted by molar-refractivity contribution is -0.123. The predicted molar refractivity (Wildman–Crippen MR) is 126 cm³/mol. The van der Waals surface area contributed by atoms with Crippen molar-refractivity contribution in [2.75, 3.05) is 23.7 Å². The van der Waals surface area contributed by atoms with Gasteiger partial charge in [-0.3, -0.25) is 9.59 Å². The third-order valence-corrected chi connectivity index (χ3v) is 8.43. The van der Waals surface area contributed by atoms with E-state index in [1.165, 1.54) is 16.4 Å². The standard InChI is InChI=1S/C23H26ClN3O5S/c1-3-20-23(29)26-19-13-16(7-8-21(19)32-20)33(30,31)27-11-9-15(10-12-27)22(28)25-18-6-4-5-17(24)14(18)2/h4-8,13,15,20H,3,9-12H2,1-2H3,(H,25,28)(H,26,29)/t20-/m0/s1. The average molecular weight is 492 g/mol. The molecule has 0 bridgehead atoms. The summed E-state index contributed by atoms with van der Waals surface area (Å²) in [6.45, 7) is 4.13. The van der Waals surface area contributed by atoms with Gasteiger partial charge in [-0.05, 0) is 62.1 Å². The Labute approximate surface area is 198 Å². The van der Waals surface area contributed by atoms with E-state index in [1.807, 2.05) is 13.8 Å². The van der Waals surface area contributed by atoms with Gasteiger partial charge in [-0.25, -0.2) is 8.42 Å². The SMILES string of the molecule is CC[C@@H]1Oc2ccc(S(=O)(=O)N3CCC(C(=O)Nc4cccc(Cl)c4C)CC3)cc2NC1=O. The summed E-state index contributed by atoms with van der Waals surface area (Å²) in [4.78, 5) is 24.9. The molecule has 1 atom stereocenters. The van der Waals surface area contributed by atoms with Crippen LogP contribution in [0.1, 0.15) is 31.7 Å². The van der Waals surface area contributed by atoms with Gasteiger partial charge in [0.2, 0.25) is 15.9 Å². The number of sulfonamides is 1. The van der Waals surface area contributed by atoms with Crippen LogP contribution in [0.3, 0.4) is 0 Å². The largest absolute Gasteiger partial charge is 0.478 e. The number of benzene rings is 2. The molecule has 0 aromatic heterocycles. The van der Waals surface area contributed by atoms with Gasteiger partial charge >= 0.3 is 0 Å². The number of carbonyl (C=O) groups is 2. The molecule has 1 saturated heterocycles. The Morgan fingerprint density at radius 1 is 1.24 bits per heavy atom. The molecular weight excluding hydrogens is 466 g/mol. The van der Waals surface area contributed by atoms with Crippen LogP contribution in [-0.4, -0.2) is 43.7 Å². The molecule has 0 saturated carbocycles. The van der Waals surface area contributed by atoms with Crippen LogP contribution in [0.25, 0.3) is 0 Å². The van der Waals surface area contributed by atoms with Crippen LogP contribution < -0.4 is 15.4 Å². The minimum absolute atomic E-state index is 0.0811. The summed E-state index contributed by atoms with van der Waals surface area (Å²) in [7, 11) is -3.78. The maximum absolute atomic E-state index is 13.2. The Morgan fingerprint density at radius 3 is 2.67 bits per heavy atom. The fraction of sp³-hybridized carbons (Fsp3) is 0.391. The minimum Gasteiger partial charge on any atom is -0.478 e. The molecule has 2 N–H and O–H groups in total. The number of rotatable bonds is 5. The van der Waals surface area contributed by atoms with E-state index < -0.39 is 16.1 Å². The van der Waals surface area contributed by atoms with E-state index in [2.05, 4.69) is 10.6 Å². The molecule has 2 aliphatic heterocycles. The van der Waals surface area contributed by atoms with E-state index in [-0.39, 0.29) is 35.7 Å². The molecule has 1 fully saturated rings. The van der Waals surface area contributed by atoms with Crippen LogP contribution in [0.5, 0.6) is 5.75 Å². The van der Waals surface area contributed by atoms with Gasteiger partial charge in [-0.1, -0.05) is 24.6 Å². The van der Waals surface area contributed by atoms with E-state index in [9.17, 15) is 18.0 Å². The molecule has 2 heterocycles. The first-order chi connectivity index (χ1) is 15.7. The molecule has 8 nitrogen and oxygen atoms in total. The first-order valence-corrected chi connectivity index (χ1v) is 12.7. The smallest absolute Gasteiger partial charge is 0.265 e. The lowest BCUT2D eigenvalue weighted by atomic mass is 9.97. The van der Waals surface area contributed by atoms with Gasteiger partial charge in [0.15, 0.2) is 6.10 Å². The number of nitrogens with zero attached hydrogens (tertiary/aromatic N) is 1. The zero-order chi connectivity index (χ0) is 23.8. The van der Waals surface area contributed by atoms with Crippen molar-refractivity contribution in [1.29, 1.82) is 0 Å². The second-order valence-electron chi connectivity index (χ2n) is 8.24. The minimum atomic E-state index is -3.78. The fourth-order valence-electron chi connectivity index (χ4n) is 4.04. The van der Waals surface area contributed by atoms with Crippen LogP contribution in [0.15, 0.2) is 41.3 Å². The van der Waals surface area contributed by atoms with E-state index in [4.69, 9.17) is 16.3 Å². The summed E-state index contributed by atoms with van der Waals surface area (Å²) in [5, 5.41) is 6.20. The van der Waals surface area contributed by atoms with Crippen molar-refractivity contribution in [2.45, 2.75) is 44.1 Å². The van der Waals surface area contributed by atoms with Crippen LogP contribution in [-0.2, 0) is 19.6 Å². The summed E-state index contributed by atoms with van der Waals surface area (Å²) in [6.07, 6.45) is 0.757. The number of amides is 2. The highest BCUT2D eigenvalue weighted by molar-refractivity contribution is 7.89. The molecule has 2 aliphatic rings. The Bertz CT molecular complexity index is 1190. The van der Waals surface area contributed by atoms with Crippen LogP contribution >= 0.6 is 11.6 Å². The van der Waals surface area contributed by atoms with E-state index in [0.717, 1.165) is 5.56 Å². The summed E-state index contributed by atoms with van der Waals surface area (Å²) in [5.74, 6) is -0.276. The van der Waals surface area contributed by atoms with Crippen molar-refractivity contribution < 1.29 is 22.7 Å². The van der Waals surface area contributed by atoms with Crippen LogP contribution in [0, 0.1) is 12.8 Å². The van der Waals surface area contributed by atoms with Gasteiger partial charge in [-0.15, -0.1) is 0 Å². The topological polar surface area (TPSA) is 105 Å². The van der Waals surface area contributed by atoms with E-state index >= 15 is 0 Å². The highest BCUT2D eigenvalue weighted by Gasteiger charge is 2.34. The molecule has 2 amide bonds. The number of hydrogen-bond acceptors (Lipinski definition) is 5. The van der Waals surface area contributed by atoms with Gasteiger partial charge in [-0.2, -0.15) is 4.31 Å². The van der Waals surface area contributed by atoms with Crippen molar-refractivity contribution in [2.24, 2.45) is 5.92 Å². The summed E-state index contributed by atoms with van der Waals surface area (Å²) in [5.41, 5.74) is 1.80. The van der Waals surface area contributed by atoms with Crippen LogP contribution in [0.2, 0.25) is 5.02 Å². The second-order valence-corrected chi connectivity index (χ2v) is 10.6. The van der Waals surface area contributed by atoms with Gasteiger partial charge in [0, 0.05) is 29.7 Å². The Morgan fingerprint density at radius 2 is 1.97 bits per heavy atom. The Hall–Kier alpha value is -2.62. The van der Waals surface area contributed by atoms with E-state index in [0.29, 0.717) is 41.4 Å². The zero-order valence-electron chi connectivity index (χ0n) is 18.4. The molecule has 0 spiro atoms. The Balaban J connectivity index is 1.42. The van der Waals surface area contributed by atoms with Crippen LogP contribution in [0.4, 0.5) is 11.4 Å². The first-order valence-electron chi connectivity index (χ1n) is 10.9. The molecule has 0 aliphatic carbocycles. The third kappa shape index (κ3) is 4.71. The monoisotopic (exact) mass is 491 g/mol. The molecule has 0 unspecified atom stereocenters. The average Bonchev–Trinajstić information content (AvgIpc) is 2.81. The number of nitrogens with one attached hydrogen (secondary N) is 2. The number of ether oxygens (including phenoxy) is 1. The number of carbonyl (C=O) groups excluding carboxylic acids is 2. The fourth-order valence-corrected chi connectivity index (χ4v) is 5.71. The maximum atomic E-state index is 13.2. The van der Waals surface area contributed by atoms with Crippen molar-refractivity contribution in [3.63, 3.8) is 0 Å². The lowest BCUT2D eigenvalue weighted by Crippen LogP contribution is -2.41. The third-order valence-electron chi connectivity index (χ3n) is 6.13. The molecule has 2 aromatic rings. The molecule has 176 valence electrons. The normalized spacial score (nSPS) is 19.4. The molecule has 4 rings (SSSR count). The van der Waals surface area contributed by atoms with Gasteiger partial charge in [0.05, 0.1) is 10.6 Å². The lowest BCUT2D eigenvalue weighted by Gasteiger charge is -2.31. The highest BCUT2D eigenvalue weighted by atomic mass is 35.5. The number of piperidine rings is 1. The summed E-state index contributed by atoms with van der Waals surface area (Å²) in [6, 6.07) is 9.80. The molecule has 10 heteroatoms. The molecule has 0 radical (unpaired) electrons. The Kier molecular flexibility index (Phi) is 6.65. The predicted octanol–water partition coefficient (Wildman–Crippen LogP) is 3.80. The maximum Gasteiger partial charge on any atom is 0.265 e. The zero-order valence-corrected chi connectivity index (χ0v) is 20.0.